The maximum Gasteiger partial charge on any atom is 0.279 e. The molecule has 0 atom stereocenters. The van der Waals surface area contributed by atoms with E-state index >= 15 is 0 Å². The second kappa shape index (κ2) is 4.83. The van der Waals surface area contributed by atoms with E-state index in [0.717, 1.165) is 26.1 Å². The Kier molecular flexibility index (Phi) is 3.16. The number of aryl methyl sites for hydroxylation is 1. The van der Waals surface area contributed by atoms with Gasteiger partial charge in [0.1, 0.15) is 5.75 Å². The zero-order chi connectivity index (χ0) is 13.4. The molecule has 0 spiro atoms. The van der Waals surface area contributed by atoms with E-state index in [-0.39, 0.29) is 0 Å². The summed E-state index contributed by atoms with van der Waals surface area (Å²) in [6, 6.07) is 11.6. The van der Waals surface area contributed by atoms with Gasteiger partial charge in [-0.1, -0.05) is 17.4 Å². The van der Waals surface area contributed by atoms with Crippen molar-refractivity contribution in [3.05, 3.63) is 46.4 Å². The minimum atomic E-state index is 0.616. The summed E-state index contributed by atoms with van der Waals surface area (Å²) in [5.74, 6) is 0.762. The van der Waals surface area contributed by atoms with Crippen LogP contribution in [-0.2, 0) is 0 Å². The van der Waals surface area contributed by atoms with Gasteiger partial charge in [-0.2, -0.15) is 0 Å². The van der Waals surface area contributed by atoms with Crippen molar-refractivity contribution in [2.45, 2.75) is 6.92 Å². The van der Waals surface area contributed by atoms with Crippen LogP contribution in [0.5, 0.6) is 10.9 Å². The first kappa shape index (κ1) is 12.4. The third-order valence-electron chi connectivity index (χ3n) is 2.68. The molecule has 3 aromatic rings. The van der Waals surface area contributed by atoms with Crippen molar-refractivity contribution < 1.29 is 4.74 Å². The molecule has 19 heavy (non-hydrogen) atoms. The molecular weight excluding hydrogens is 324 g/mol. The van der Waals surface area contributed by atoms with E-state index in [0.29, 0.717) is 5.19 Å². The number of thiazole rings is 1. The number of aromatic nitrogens is 1. The Bertz CT molecular complexity index is 754. The molecule has 3 nitrogen and oxygen atoms in total. The van der Waals surface area contributed by atoms with Crippen molar-refractivity contribution in [3.63, 3.8) is 0 Å². The zero-order valence-corrected chi connectivity index (χ0v) is 12.6. The Balaban J connectivity index is 1.96. The van der Waals surface area contributed by atoms with Crippen LogP contribution in [0.3, 0.4) is 0 Å². The quantitative estimate of drug-likeness (QED) is 0.688. The highest BCUT2D eigenvalue weighted by Gasteiger charge is 2.08. The molecule has 0 aliphatic heterocycles. The molecule has 0 aliphatic rings. The Labute approximate surface area is 123 Å². The molecule has 0 bridgehead atoms. The lowest BCUT2D eigenvalue weighted by Crippen LogP contribution is -1.85. The maximum atomic E-state index is 5.81. The Morgan fingerprint density at radius 2 is 2.05 bits per heavy atom. The Morgan fingerprint density at radius 1 is 1.21 bits per heavy atom. The monoisotopic (exact) mass is 334 g/mol. The Morgan fingerprint density at radius 3 is 2.84 bits per heavy atom. The molecule has 1 heterocycles. The van der Waals surface area contributed by atoms with Gasteiger partial charge >= 0.3 is 0 Å². The second-order valence-corrected chi connectivity index (χ2v) is 6.09. The van der Waals surface area contributed by atoms with Gasteiger partial charge in [0.05, 0.1) is 14.7 Å². The topological polar surface area (TPSA) is 48.1 Å². The van der Waals surface area contributed by atoms with Crippen LogP contribution in [0.25, 0.3) is 10.2 Å². The van der Waals surface area contributed by atoms with E-state index in [9.17, 15) is 0 Å². The molecule has 0 amide bonds. The zero-order valence-electron chi connectivity index (χ0n) is 10.2. The van der Waals surface area contributed by atoms with Gasteiger partial charge in [-0.25, -0.2) is 4.98 Å². The fraction of sp³-hybridized carbons (Fsp3) is 0.0714. The number of ether oxygens (including phenoxy) is 1. The average molecular weight is 335 g/mol. The largest absolute Gasteiger partial charge is 0.430 e. The highest BCUT2D eigenvalue weighted by molar-refractivity contribution is 9.10. The van der Waals surface area contributed by atoms with Gasteiger partial charge < -0.3 is 10.5 Å². The lowest BCUT2D eigenvalue weighted by Gasteiger charge is -2.04. The van der Waals surface area contributed by atoms with Crippen LogP contribution in [-0.4, -0.2) is 4.98 Å². The number of rotatable bonds is 2. The number of hydrogen-bond donors (Lipinski definition) is 1. The van der Waals surface area contributed by atoms with E-state index in [1.54, 1.807) is 0 Å². The number of hydrogen-bond acceptors (Lipinski definition) is 4. The summed E-state index contributed by atoms with van der Waals surface area (Å²) in [4.78, 5) is 4.43. The fourth-order valence-electron chi connectivity index (χ4n) is 1.75. The van der Waals surface area contributed by atoms with Crippen molar-refractivity contribution >= 4 is 43.2 Å². The average Bonchev–Trinajstić information content (AvgIpc) is 2.74. The SMILES string of the molecule is Cc1ccc(Oc2nc3ccc(N)cc3s2)c(Br)c1. The summed E-state index contributed by atoms with van der Waals surface area (Å²) in [6.07, 6.45) is 0. The summed E-state index contributed by atoms with van der Waals surface area (Å²) in [5, 5.41) is 0.616. The van der Waals surface area contributed by atoms with Crippen LogP contribution < -0.4 is 10.5 Å². The summed E-state index contributed by atoms with van der Waals surface area (Å²) in [6.45, 7) is 2.04. The molecule has 96 valence electrons. The van der Waals surface area contributed by atoms with Crippen molar-refractivity contribution in [1.82, 2.24) is 4.98 Å². The number of nitrogens with two attached hydrogens (primary N) is 1. The number of anilines is 1. The minimum absolute atomic E-state index is 0.616. The van der Waals surface area contributed by atoms with Gasteiger partial charge in [-0.3, -0.25) is 0 Å². The van der Waals surface area contributed by atoms with Crippen LogP contribution in [0.15, 0.2) is 40.9 Å². The number of nitrogens with zero attached hydrogens (tertiary/aromatic N) is 1. The normalized spacial score (nSPS) is 10.8. The number of halogens is 1. The first-order valence-corrected chi connectivity index (χ1v) is 7.33. The van der Waals surface area contributed by atoms with Crippen molar-refractivity contribution in [1.29, 1.82) is 0 Å². The van der Waals surface area contributed by atoms with Gasteiger partial charge in [0.25, 0.3) is 5.19 Å². The number of fused-ring (bicyclic) bond motifs is 1. The highest BCUT2D eigenvalue weighted by atomic mass is 79.9. The smallest absolute Gasteiger partial charge is 0.279 e. The van der Waals surface area contributed by atoms with E-state index in [2.05, 4.69) is 20.9 Å². The fourth-order valence-corrected chi connectivity index (χ4v) is 3.20. The molecule has 5 heteroatoms. The molecule has 2 aromatic carbocycles. The van der Waals surface area contributed by atoms with Crippen LogP contribution >= 0.6 is 27.3 Å². The Hall–Kier alpha value is -1.59. The minimum Gasteiger partial charge on any atom is -0.430 e. The molecule has 0 unspecified atom stereocenters. The molecule has 0 fully saturated rings. The van der Waals surface area contributed by atoms with Crippen LogP contribution in [0.2, 0.25) is 0 Å². The highest BCUT2D eigenvalue weighted by Crippen LogP contribution is 2.35. The van der Waals surface area contributed by atoms with Crippen molar-refractivity contribution in [2.24, 2.45) is 0 Å². The summed E-state index contributed by atoms with van der Waals surface area (Å²) < 4.78 is 7.76. The van der Waals surface area contributed by atoms with Gasteiger partial charge in [0.15, 0.2) is 0 Å². The number of benzene rings is 2. The summed E-state index contributed by atoms with van der Waals surface area (Å²) >= 11 is 4.98. The number of nitrogen functional groups attached to an aromatic ring is 1. The van der Waals surface area contributed by atoms with Gasteiger partial charge in [-0.15, -0.1) is 0 Å². The van der Waals surface area contributed by atoms with Crippen LogP contribution in [0.1, 0.15) is 5.56 Å². The van der Waals surface area contributed by atoms with Gasteiger partial charge in [0, 0.05) is 5.69 Å². The third-order valence-corrected chi connectivity index (χ3v) is 4.19. The van der Waals surface area contributed by atoms with Gasteiger partial charge in [0.2, 0.25) is 0 Å². The van der Waals surface area contributed by atoms with E-state index in [1.165, 1.54) is 16.9 Å². The summed E-state index contributed by atoms with van der Waals surface area (Å²) in [7, 11) is 0. The second-order valence-electron chi connectivity index (χ2n) is 4.24. The lowest BCUT2D eigenvalue weighted by atomic mass is 10.2. The van der Waals surface area contributed by atoms with Gasteiger partial charge in [-0.05, 0) is 58.7 Å². The van der Waals surface area contributed by atoms with Crippen molar-refractivity contribution in [3.8, 4) is 10.9 Å². The molecule has 2 N–H and O–H groups in total. The van der Waals surface area contributed by atoms with Crippen LogP contribution in [0, 0.1) is 6.92 Å². The van der Waals surface area contributed by atoms with Crippen molar-refractivity contribution in [2.75, 3.05) is 5.73 Å². The lowest BCUT2D eigenvalue weighted by molar-refractivity contribution is 0.477. The molecule has 3 rings (SSSR count). The predicted molar refractivity (Wildman–Crippen MR) is 83.0 cm³/mol. The molecular formula is C14H11BrN2OS. The third kappa shape index (κ3) is 2.57. The molecule has 0 aliphatic carbocycles. The molecule has 0 saturated carbocycles. The molecule has 0 saturated heterocycles. The molecule has 0 radical (unpaired) electrons. The summed E-state index contributed by atoms with van der Waals surface area (Å²) in [5.41, 5.74) is 8.57. The van der Waals surface area contributed by atoms with E-state index in [1.807, 2.05) is 43.3 Å². The van der Waals surface area contributed by atoms with E-state index in [4.69, 9.17) is 10.5 Å². The first-order chi connectivity index (χ1) is 9.11. The maximum absolute atomic E-state index is 5.81. The van der Waals surface area contributed by atoms with E-state index < -0.39 is 0 Å². The standard InChI is InChI=1S/C14H11BrN2OS/c1-8-2-5-12(10(15)6-8)18-14-17-11-4-3-9(16)7-13(11)19-14/h2-7H,16H2,1H3. The predicted octanol–water partition coefficient (Wildman–Crippen LogP) is 4.74. The first-order valence-electron chi connectivity index (χ1n) is 5.72. The molecule has 1 aromatic heterocycles. The van der Waals surface area contributed by atoms with Crippen LogP contribution in [0.4, 0.5) is 5.69 Å².